The molecule has 1 aliphatic heterocycles. The predicted molar refractivity (Wildman–Crippen MR) is 91.0 cm³/mol. The maximum Gasteiger partial charge on any atom is 0.0453 e. The molecule has 1 heterocycles. The zero-order valence-corrected chi connectivity index (χ0v) is 14.2. The van der Waals surface area contributed by atoms with E-state index in [9.17, 15) is 0 Å². The number of halogens is 1. The lowest BCUT2D eigenvalue weighted by atomic mass is 10.0. The van der Waals surface area contributed by atoms with E-state index in [0.29, 0.717) is 6.04 Å². The van der Waals surface area contributed by atoms with Gasteiger partial charge < -0.3 is 15.1 Å². The Kier molecular flexibility index (Phi) is 6.49. The van der Waals surface area contributed by atoms with Crippen LogP contribution in [0.1, 0.15) is 30.9 Å². The second-order valence-corrected chi connectivity index (χ2v) is 6.57. The summed E-state index contributed by atoms with van der Waals surface area (Å²) >= 11 is 6.32. The van der Waals surface area contributed by atoms with Crippen molar-refractivity contribution in [1.29, 1.82) is 0 Å². The van der Waals surface area contributed by atoms with Gasteiger partial charge in [-0.2, -0.15) is 0 Å². The third-order valence-electron chi connectivity index (χ3n) is 4.71. The number of nitrogens with zero attached hydrogens (tertiary/aromatic N) is 2. The Balaban J connectivity index is 1.87. The standard InChI is InChI=1S/C17H28ClN3/c1-19-17(15-6-4-5-7-16(15)18)10-13-21(3)14-8-11-20(2)12-9-14/h4-7,14,17,19H,8-13H2,1-3H3. The van der Waals surface area contributed by atoms with Crippen molar-refractivity contribution in [3.63, 3.8) is 0 Å². The molecule has 0 aromatic heterocycles. The van der Waals surface area contributed by atoms with Gasteiger partial charge in [0, 0.05) is 17.1 Å². The molecule has 1 N–H and O–H groups in total. The summed E-state index contributed by atoms with van der Waals surface area (Å²) in [7, 11) is 6.49. The second kappa shape index (κ2) is 8.14. The van der Waals surface area contributed by atoms with E-state index in [1.54, 1.807) is 0 Å². The van der Waals surface area contributed by atoms with Crippen molar-refractivity contribution in [3.05, 3.63) is 34.9 Å². The maximum atomic E-state index is 6.32. The average Bonchev–Trinajstić information content (AvgIpc) is 2.50. The smallest absolute Gasteiger partial charge is 0.0453 e. The summed E-state index contributed by atoms with van der Waals surface area (Å²) in [6.07, 6.45) is 3.65. The Morgan fingerprint density at radius 1 is 1.33 bits per heavy atom. The van der Waals surface area contributed by atoms with Gasteiger partial charge in [-0.15, -0.1) is 0 Å². The minimum absolute atomic E-state index is 0.326. The Bertz CT molecular complexity index is 430. The number of benzene rings is 1. The largest absolute Gasteiger partial charge is 0.313 e. The molecule has 0 bridgehead atoms. The van der Waals surface area contributed by atoms with E-state index in [2.05, 4.69) is 41.3 Å². The fraction of sp³-hybridized carbons (Fsp3) is 0.647. The minimum atomic E-state index is 0.326. The van der Waals surface area contributed by atoms with Crippen molar-refractivity contribution in [2.24, 2.45) is 0 Å². The van der Waals surface area contributed by atoms with Crippen LogP contribution in [0.3, 0.4) is 0 Å². The normalized spacial score (nSPS) is 19.1. The third-order valence-corrected chi connectivity index (χ3v) is 5.06. The molecule has 1 saturated heterocycles. The summed E-state index contributed by atoms with van der Waals surface area (Å²) in [5, 5.41) is 4.27. The molecule has 0 spiro atoms. The number of hydrogen-bond donors (Lipinski definition) is 1. The van der Waals surface area contributed by atoms with Gasteiger partial charge in [0.2, 0.25) is 0 Å². The van der Waals surface area contributed by atoms with Gasteiger partial charge in [0.05, 0.1) is 0 Å². The van der Waals surface area contributed by atoms with Crippen molar-refractivity contribution in [2.45, 2.75) is 31.3 Å². The molecule has 1 unspecified atom stereocenters. The van der Waals surface area contributed by atoms with Gasteiger partial charge in [-0.05, 0) is 71.7 Å². The van der Waals surface area contributed by atoms with E-state index < -0.39 is 0 Å². The Labute approximate surface area is 134 Å². The van der Waals surface area contributed by atoms with Crippen LogP contribution < -0.4 is 5.32 Å². The average molecular weight is 310 g/mol. The van der Waals surface area contributed by atoms with Gasteiger partial charge in [-0.1, -0.05) is 29.8 Å². The molecule has 0 radical (unpaired) electrons. The minimum Gasteiger partial charge on any atom is -0.313 e. The summed E-state index contributed by atoms with van der Waals surface area (Å²) in [6, 6.07) is 9.20. The molecule has 1 aliphatic rings. The summed E-state index contributed by atoms with van der Waals surface area (Å²) < 4.78 is 0. The number of piperidine rings is 1. The fourth-order valence-electron chi connectivity index (χ4n) is 3.16. The van der Waals surface area contributed by atoms with E-state index in [0.717, 1.165) is 24.0 Å². The fourth-order valence-corrected chi connectivity index (χ4v) is 3.43. The van der Waals surface area contributed by atoms with Crippen LogP contribution >= 0.6 is 11.6 Å². The van der Waals surface area contributed by atoms with Crippen molar-refractivity contribution in [1.82, 2.24) is 15.1 Å². The van der Waals surface area contributed by atoms with E-state index in [1.807, 2.05) is 19.2 Å². The molecule has 4 heteroatoms. The van der Waals surface area contributed by atoms with Crippen molar-refractivity contribution >= 4 is 11.6 Å². The first-order valence-electron chi connectivity index (χ1n) is 7.92. The monoisotopic (exact) mass is 309 g/mol. The van der Waals surface area contributed by atoms with Crippen LogP contribution in [0.15, 0.2) is 24.3 Å². The highest BCUT2D eigenvalue weighted by atomic mass is 35.5. The van der Waals surface area contributed by atoms with Crippen molar-refractivity contribution < 1.29 is 0 Å². The lowest BCUT2D eigenvalue weighted by Crippen LogP contribution is -2.42. The summed E-state index contributed by atoms with van der Waals surface area (Å²) in [5.74, 6) is 0. The lowest BCUT2D eigenvalue weighted by molar-refractivity contribution is 0.140. The molecule has 0 aliphatic carbocycles. The number of nitrogens with one attached hydrogen (secondary N) is 1. The van der Waals surface area contributed by atoms with Gasteiger partial charge in [-0.3, -0.25) is 0 Å². The summed E-state index contributed by atoms with van der Waals surface area (Å²) in [6.45, 7) is 3.54. The van der Waals surface area contributed by atoms with Gasteiger partial charge in [0.1, 0.15) is 0 Å². The van der Waals surface area contributed by atoms with Crippen LogP contribution in [-0.4, -0.2) is 56.6 Å². The Hall–Kier alpha value is -0.610. The van der Waals surface area contributed by atoms with Crippen LogP contribution in [0.5, 0.6) is 0 Å². The van der Waals surface area contributed by atoms with Crippen LogP contribution in [0.2, 0.25) is 5.02 Å². The Morgan fingerprint density at radius 3 is 2.62 bits per heavy atom. The molecule has 0 amide bonds. The molecule has 21 heavy (non-hydrogen) atoms. The molecule has 1 atom stereocenters. The van der Waals surface area contributed by atoms with E-state index >= 15 is 0 Å². The molecule has 118 valence electrons. The van der Waals surface area contributed by atoms with Gasteiger partial charge in [0.25, 0.3) is 0 Å². The van der Waals surface area contributed by atoms with Crippen LogP contribution in [0.25, 0.3) is 0 Å². The molecule has 1 fully saturated rings. The molecular formula is C17H28ClN3. The molecule has 1 aromatic rings. The number of hydrogen-bond acceptors (Lipinski definition) is 3. The quantitative estimate of drug-likeness (QED) is 0.871. The second-order valence-electron chi connectivity index (χ2n) is 6.17. The third kappa shape index (κ3) is 4.68. The van der Waals surface area contributed by atoms with Crippen molar-refractivity contribution in [2.75, 3.05) is 40.8 Å². The van der Waals surface area contributed by atoms with E-state index in [4.69, 9.17) is 11.6 Å². The summed E-state index contributed by atoms with van der Waals surface area (Å²) in [4.78, 5) is 4.94. The molecule has 2 rings (SSSR count). The van der Waals surface area contributed by atoms with Crippen LogP contribution in [0, 0.1) is 0 Å². The highest BCUT2D eigenvalue weighted by Crippen LogP contribution is 2.25. The first-order valence-corrected chi connectivity index (χ1v) is 8.30. The molecular weight excluding hydrogens is 282 g/mol. The van der Waals surface area contributed by atoms with Crippen molar-refractivity contribution in [3.8, 4) is 0 Å². The van der Waals surface area contributed by atoms with Gasteiger partial charge >= 0.3 is 0 Å². The first kappa shape index (κ1) is 16.8. The number of rotatable bonds is 6. The van der Waals surface area contributed by atoms with Gasteiger partial charge in [-0.25, -0.2) is 0 Å². The molecule has 0 saturated carbocycles. The first-order chi connectivity index (χ1) is 10.1. The van der Waals surface area contributed by atoms with Crippen LogP contribution in [-0.2, 0) is 0 Å². The van der Waals surface area contributed by atoms with E-state index in [-0.39, 0.29) is 0 Å². The SMILES string of the molecule is CNC(CCN(C)C1CCN(C)CC1)c1ccccc1Cl. The zero-order chi connectivity index (χ0) is 15.2. The van der Waals surface area contributed by atoms with E-state index in [1.165, 1.54) is 31.5 Å². The predicted octanol–water partition coefficient (Wildman–Crippen LogP) is 3.02. The lowest BCUT2D eigenvalue weighted by Gasteiger charge is -2.35. The highest BCUT2D eigenvalue weighted by Gasteiger charge is 2.21. The number of likely N-dealkylation sites (tertiary alicyclic amines) is 1. The molecule has 3 nitrogen and oxygen atoms in total. The summed E-state index contributed by atoms with van der Waals surface area (Å²) in [5.41, 5.74) is 1.21. The van der Waals surface area contributed by atoms with Gasteiger partial charge in [0.15, 0.2) is 0 Å². The zero-order valence-electron chi connectivity index (χ0n) is 13.5. The maximum absolute atomic E-state index is 6.32. The Morgan fingerprint density at radius 2 is 2.00 bits per heavy atom. The highest BCUT2D eigenvalue weighted by molar-refractivity contribution is 6.31. The topological polar surface area (TPSA) is 18.5 Å². The van der Waals surface area contributed by atoms with Crippen LogP contribution in [0.4, 0.5) is 0 Å². The molecule has 1 aromatic carbocycles.